The molecule has 3 aromatic carbocycles. The standard InChI is InChI=1S/C29H25NO3/c1-16-9-5-6-14-21(16)30-26-20-13-8-11-18-10-7-12-19(23(18)20)24(26)25-22(32)15-29(3,4)28(27(25)30)33-17(2)31/h5-14,28H,15H2,1-4H3. The van der Waals surface area contributed by atoms with Crippen molar-refractivity contribution in [1.82, 2.24) is 4.57 Å². The third-order valence-corrected chi connectivity index (χ3v) is 7.13. The fraction of sp³-hybridized carbons (Fsp3) is 0.241. The van der Waals surface area contributed by atoms with Gasteiger partial charge in [0.05, 0.1) is 17.0 Å². The topological polar surface area (TPSA) is 48.3 Å². The zero-order valence-corrected chi connectivity index (χ0v) is 19.2. The minimum atomic E-state index is -0.528. The quantitative estimate of drug-likeness (QED) is 0.286. The van der Waals surface area contributed by atoms with Gasteiger partial charge in [0.25, 0.3) is 0 Å². The summed E-state index contributed by atoms with van der Waals surface area (Å²) in [6, 6.07) is 20.8. The first-order chi connectivity index (χ1) is 15.8. The number of aromatic nitrogens is 1. The van der Waals surface area contributed by atoms with Crippen LogP contribution < -0.4 is 0 Å². The number of nitrogens with zero attached hydrogens (tertiary/aromatic N) is 1. The molecular formula is C29H25NO3. The van der Waals surface area contributed by atoms with Crippen LogP contribution >= 0.6 is 0 Å². The highest BCUT2D eigenvalue weighted by atomic mass is 16.5. The summed E-state index contributed by atoms with van der Waals surface area (Å²) in [5.41, 5.74) is 7.25. The van der Waals surface area contributed by atoms with Crippen molar-refractivity contribution in [2.24, 2.45) is 5.41 Å². The Balaban J connectivity index is 1.81. The first-order valence-corrected chi connectivity index (χ1v) is 11.4. The maximum absolute atomic E-state index is 13.7. The van der Waals surface area contributed by atoms with E-state index in [1.165, 1.54) is 12.3 Å². The number of ether oxygens (including phenoxy) is 1. The van der Waals surface area contributed by atoms with Gasteiger partial charge in [-0.15, -0.1) is 0 Å². The van der Waals surface area contributed by atoms with Crippen LogP contribution in [0.15, 0.2) is 60.7 Å². The monoisotopic (exact) mass is 435 g/mol. The van der Waals surface area contributed by atoms with E-state index in [-0.39, 0.29) is 11.8 Å². The summed E-state index contributed by atoms with van der Waals surface area (Å²) in [6.45, 7) is 7.54. The predicted molar refractivity (Wildman–Crippen MR) is 130 cm³/mol. The average molecular weight is 436 g/mol. The van der Waals surface area contributed by atoms with Gasteiger partial charge in [-0.3, -0.25) is 9.59 Å². The first kappa shape index (κ1) is 20.0. The van der Waals surface area contributed by atoms with Gasteiger partial charge in [-0.1, -0.05) is 68.4 Å². The number of para-hydroxylation sites is 1. The molecule has 6 rings (SSSR count). The van der Waals surface area contributed by atoms with Gasteiger partial charge in [-0.25, -0.2) is 0 Å². The molecule has 1 atom stereocenters. The maximum Gasteiger partial charge on any atom is 0.303 e. The number of Topliss-reactive ketones (excluding diaryl/α,β-unsaturated/α-hetero) is 1. The van der Waals surface area contributed by atoms with Crippen LogP contribution in [0.4, 0.5) is 0 Å². The van der Waals surface area contributed by atoms with Crippen molar-refractivity contribution in [3.05, 3.63) is 77.5 Å². The van der Waals surface area contributed by atoms with Gasteiger partial charge < -0.3 is 9.30 Å². The zero-order valence-electron chi connectivity index (χ0n) is 19.2. The van der Waals surface area contributed by atoms with Crippen molar-refractivity contribution >= 4 is 22.5 Å². The van der Waals surface area contributed by atoms with Crippen LogP contribution in [0.3, 0.4) is 0 Å². The summed E-state index contributed by atoms with van der Waals surface area (Å²) in [6.07, 6.45) is -0.201. The van der Waals surface area contributed by atoms with Gasteiger partial charge in [0, 0.05) is 35.6 Å². The largest absolute Gasteiger partial charge is 0.455 e. The van der Waals surface area contributed by atoms with Gasteiger partial charge in [-0.2, -0.15) is 0 Å². The van der Waals surface area contributed by atoms with E-state index in [2.05, 4.69) is 60.0 Å². The zero-order chi connectivity index (χ0) is 23.1. The van der Waals surface area contributed by atoms with E-state index in [1.807, 2.05) is 26.0 Å². The molecule has 0 aliphatic heterocycles. The molecule has 33 heavy (non-hydrogen) atoms. The van der Waals surface area contributed by atoms with E-state index >= 15 is 0 Å². The minimum absolute atomic E-state index is 0.104. The van der Waals surface area contributed by atoms with Crippen molar-refractivity contribution in [3.8, 4) is 28.1 Å². The molecule has 2 aliphatic rings. The van der Waals surface area contributed by atoms with Crippen LogP contribution in [0.1, 0.15) is 54.9 Å². The molecule has 0 saturated carbocycles. The highest BCUT2D eigenvalue weighted by molar-refractivity contribution is 6.21. The smallest absolute Gasteiger partial charge is 0.303 e. The van der Waals surface area contributed by atoms with Crippen LogP contribution in [-0.2, 0) is 9.53 Å². The molecule has 1 heterocycles. The molecule has 0 spiro atoms. The fourth-order valence-electron chi connectivity index (χ4n) is 5.80. The molecule has 1 aromatic heterocycles. The molecule has 164 valence electrons. The van der Waals surface area contributed by atoms with Gasteiger partial charge in [0.15, 0.2) is 5.78 Å². The maximum atomic E-state index is 13.7. The lowest BCUT2D eigenvalue weighted by atomic mass is 9.72. The summed E-state index contributed by atoms with van der Waals surface area (Å²) in [4.78, 5) is 26.0. The number of fused-ring (bicyclic) bond motifs is 5. The Kier molecular flexibility index (Phi) is 4.04. The highest BCUT2D eigenvalue weighted by Gasteiger charge is 2.48. The molecular weight excluding hydrogens is 410 g/mol. The Labute approximate surface area is 192 Å². The summed E-state index contributed by atoms with van der Waals surface area (Å²) >= 11 is 0. The van der Waals surface area contributed by atoms with Crippen molar-refractivity contribution in [2.45, 2.75) is 40.2 Å². The van der Waals surface area contributed by atoms with E-state index in [0.29, 0.717) is 12.0 Å². The van der Waals surface area contributed by atoms with Crippen LogP contribution in [0.25, 0.3) is 38.8 Å². The summed E-state index contributed by atoms with van der Waals surface area (Å²) in [5.74, 6) is -0.236. The van der Waals surface area contributed by atoms with Crippen molar-refractivity contribution in [1.29, 1.82) is 0 Å². The van der Waals surface area contributed by atoms with Crippen LogP contribution in [0.2, 0.25) is 0 Å². The van der Waals surface area contributed by atoms with Gasteiger partial charge in [-0.05, 0) is 34.9 Å². The molecule has 0 fully saturated rings. The second-order valence-corrected chi connectivity index (χ2v) is 9.89. The molecule has 0 radical (unpaired) electrons. The van der Waals surface area contributed by atoms with Crippen molar-refractivity contribution < 1.29 is 14.3 Å². The molecule has 4 aromatic rings. The summed E-state index contributed by atoms with van der Waals surface area (Å²) in [5, 5.41) is 2.34. The number of carbonyl (C=O) groups is 2. The van der Waals surface area contributed by atoms with E-state index in [4.69, 9.17) is 4.74 Å². The number of ketones is 1. The normalized spacial score (nSPS) is 17.7. The molecule has 4 nitrogen and oxygen atoms in total. The third kappa shape index (κ3) is 2.64. The van der Waals surface area contributed by atoms with E-state index < -0.39 is 11.5 Å². The van der Waals surface area contributed by atoms with Gasteiger partial charge in [0.2, 0.25) is 0 Å². The minimum Gasteiger partial charge on any atom is -0.455 e. The Bertz CT molecular complexity index is 1500. The Hall–Kier alpha value is -3.66. The molecule has 0 saturated heterocycles. The number of rotatable bonds is 2. The van der Waals surface area contributed by atoms with Crippen molar-refractivity contribution in [2.75, 3.05) is 0 Å². The number of carbonyl (C=O) groups excluding carboxylic acids is 2. The van der Waals surface area contributed by atoms with Crippen molar-refractivity contribution in [3.63, 3.8) is 0 Å². The average Bonchev–Trinajstić information content (AvgIpc) is 3.27. The SMILES string of the molecule is CC(=O)OC1c2c(c3c(n2-c2ccccc2C)-c2cccc4cccc-3c24)C(=O)CC1(C)C. The third-order valence-electron chi connectivity index (χ3n) is 7.13. The fourth-order valence-corrected chi connectivity index (χ4v) is 5.80. The molecule has 0 bridgehead atoms. The second-order valence-electron chi connectivity index (χ2n) is 9.89. The lowest BCUT2D eigenvalue weighted by molar-refractivity contribution is -0.154. The number of hydrogen-bond donors (Lipinski definition) is 0. The van der Waals surface area contributed by atoms with E-state index in [0.717, 1.165) is 44.7 Å². The number of esters is 1. The van der Waals surface area contributed by atoms with Crippen LogP contribution in [0, 0.1) is 12.3 Å². The second kappa shape index (κ2) is 6.67. The van der Waals surface area contributed by atoms with Gasteiger partial charge >= 0.3 is 5.97 Å². The summed E-state index contributed by atoms with van der Waals surface area (Å²) in [7, 11) is 0. The summed E-state index contributed by atoms with van der Waals surface area (Å²) < 4.78 is 8.16. The van der Waals surface area contributed by atoms with E-state index in [9.17, 15) is 9.59 Å². The molecule has 1 unspecified atom stereocenters. The molecule has 0 amide bonds. The van der Waals surface area contributed by atoms with Gasteiger partial charge in [0.1, 0.15) is 6.10 Å². The highest BCUT2D eigenvalue weighted by Crippen LogP contribution is 2.57. The number of benzene rings is 3. The molecule has 2 aliphatic carbocycles. The lowest BCUT2D eigenvalue weighted by Gasteiger charge is -2.38. The van der Waals surface area contributed by atoms with Crippen LogP contribution in [0.5, 0.6) is 0 Å². The Morgan fingerprint density at radius 3 is 2.36 bits per heavy atom. The number of aryl methyl sites for hydroxylation is 1. The first-order valence-electron chi connectivity index (χ1n) is 11.4. The van der Waals surface area contributed by atoms with E-state index in [1.54, 1.807) is 0 Å². The predicted octanol–water partition coefficient (Wildman–Crippen LogP) is 6.80. The number of hydrogen-bond acceptors (Lipinski definition) is 3. The Morgan fingerprint density at radius 2 is 1.67 bits per heavy atom. The Morgan fingerprint density at radius 1 is 0.970 bits per heavy atom. The molecule has 4 heteroatoms. The van der Waals surface area contributed by atoms with Crippen LogP contribution in [-0.4, -0.2) is 16.3 Å². The molecule has 0 N–H and O–H groups in total. The lowest BCUT2D eigenvalue weighted by Crippen LogP contribution is -2.35.